The fourth-order valence-corrected chi connectivity index (χ4v) is 2.99. The van der Waals surface area contributed by atoms with Gasteiger partial charge in [-0.05, 0) is 30.7 Å². The van der Waals surface area contributed by atoms with Crippen LogP contribution in [0.25, 0.3) is 0 Å². The lowest BCUT2D eigenvalue weighted by atomic mass is 9.73. The molecule has 3 atom stereocenters. The predicted octanol–water partition coefficient (Wildman–Crippen LogP) is 2.27. The summed E-state index contributed by atoms with van der Waals surface area (Å²) in [5.74, 6) is -0.632. The molecule has 1 aliphatic heterocycles. The largest absolute Gasteiger partial charge is 0.393 e. The Morgan fingerprint density at radius 2 is 1.65 bits per heavy atom. The maximum atomic E-state index is 11.6. The summed E-state index contributed by atoms with van der Waals surface area (Å²) >= 11 is 0. The Morgan fingerprint density at radius 1 is 0.941 bits per heavy atom. The van der Waals surface area contributed by atoms with Crippen LogP contribution in [0.2, 0.25) is 0 Å². The standard InChI is InChI=1S/C14H14O3/c15-13-11-7-6-10(8-12(11)14(16)17-13)9-4-2-1-3-5-9/h1-5,10-12H,6-8H2/t10-,11-,12-/m1/s1. The summed E-state index contributed by atoms with van der Waals surface area (Å²) in [5.41, 5.74) is 1.26. The van der Waals surface area contributed by atoms with Gasteiger partial charge in [-0.25, -0.2) is 0 Å². The monoisotopic (exact) mass is 230 g/mol. The molecule has 2 fully saturated rings. The van der Waals surface area contributed by atoms with E-state index in [-0.39, 0.29) is 23.8 Å². The van der Waals surface area contributed by atoms with Gasteiger partial charge < -0.3 is 4.74 Å². The van der Waals surface area contributed by atoms with Crippen LogP contribution in [0, 0.1) is 11.8 Å². The van der Waals surface area contributed by atoms with E-state index >= 15 is 0 Å². The molecular formula is C14H14O3. The van der Waals surface area contributed by atoms with Crippen molar-refractivity contribution in [2.24, 2.45) is 11.8 Å². The van der Waals surface area contributed by atoms with Crippen LogP contribution in [0.15, 0.2) is 30.3 Å². The Kier molecular flexibility index (Phi) is 2.46. The van der Waals surface area contributed by atoms with Crippen molar-refractivity contribution < 1.29 is 14.3 Å². The molecule has 0 amide bonds. The fraction of sp³-hybridized carbons (Fsp3) is 0.429. The number of hydrogen-bond acceptors (Lipinski definition) is 3. The number of hydrogen-bond donors (Lipinski definition) is 0. The molecule has 3 heteroatoms. The number of benzene rings is 1. The summed E-state index contributed by atoms with van der Waals surface area (Å²) in [6.07, 6.45) is 2.49. The topological polar surface area (TPSA) is 43.4 Å². The van der Waals surface area contributed by atoms with Gasteiger partial charge in [-0.3, -0.25) is 9.59 Å². The van der Waals surface area contributed by atoms with Gasteiger partial charge >= 0.3 is 11.9 Å². The smallest absolute Gasteiger partial charge is 0.317 e. The van der Waals surface area contributed by atoms with Crippen LogP contribution in [0.5, 0.6) is 0 Å². The molecule has 1 saturated heterocycles. The van der Waals surface area contributed by atoms with Crippen LogP contribution in [0.4, 0.5) is 0 Å². The number of fused-ring (bicyclic) bond motifs is 1. The van der Waals surface area contributed by atoms with Gasteiger partial charge in [-0.2, -0.15) is 0 Å². The molecule has 1 saturated carbocycles. The minimum Gasteiger partial charge on any atom is -0.393 e. The van der Waals surface area contributed by atoms with Crippen molar-refractivity contribution in [3.8, 4) is 0 Å². The maximum absolute atomic E-state index is 11.6. The maximum Gasteiger partial charge on any atom is 0.317 e. The van der Waals surface area contributed by atoms with Crippen LogP contribution in [0.1, 0.15) is 30.7 Å². The zero-order valence-electron chi connectivity index (χ0n) is 9.46. The minimum absolute atomic E-state index is 0.178. The Bertz CT molecular complexity index is 452. The highest BCUT2D eigenvalue weighted by Gasteiger charge is 2.47. The first-order valence-electron chi connectivity index (χ1n) is 6.06. The van der Waals surface area contributed by atoms with E-state index in [9.17, 15) is 9.59 Å². The van der Waals surface area contributed by atoms with Crippen molar-refractivity contribution in [1.82, 2.24) is 0 Å². The zero-order chi connectivity index (χ0) is 11.8. The third-order valence-electron chi connectivity index (χ3n) is 3.93. The molecule has 0 N–H and O–H groups in total. The molecule has 1 aromatic carbocycles. The van der Waals surface area contributed by atoms with E-state index in [2.05, 4.69) is 12.1 Å². The van der Waals surface area contributed by atoms with E-state index in [4.69, 9.17) is 4.74 Å². The Balaban J connectivity index is 1.81. The van der Waals surface area contributed by atoms with Gasteiger partial charge in [0, 0.05) is 0 Å². The molecule has 0 aromatic heterocycles. The fourth-order valence-electron chi connectivity index (χ4n) is 2.99. The summed E-state index contributed by atoms with van der Waals surface area (Å²) in [6.45, 7) is 0. The predicted molar refractivity (Wildman–Crippen MR) is 61.1 cm³/mol. The second-order valence-corrected chi connectivity index (χ2v) is 4.87. The van der Waals surface area contributed by atoms with Crippen LogP contribution in [0.3, 0.4) is 0 Å². The van der Waals surface area contributed by atoms with E-state index in [0.29, 0.717) is 5.92 Å². The van der Waals surface area contributed by atoms with E-state index in [1.54, 1.807) is 0 Å². The van der Waals surface area contributed by atoms with Gasteiger partial charge in [0.05, 0.1) is 11.8 Å². The number of cyclic esters (lactones) is 2. The van der Waals surface area contributed by atoms with Crippen molar-refractivity contribution in [3.05, 3.63) is 35.9 Å². The lowest BCUT2D eigenvalue weighted by Gasteiger charge is -2.27. The SMILES string of the molecule is O=C1OC(=O)[C@@H]2C[C@H](c3ccccc3)CC[C@@H]12. The molecule has 1 aliphatic carbocycles. The van der Waals surface area contributed by atoms with Gasteiger partial charge in [0.25, 0.3) is 0 Å². The summed E-state index contributed by atoms with van der Waals surface area (Å²) < 4.78 is 4.71. The highest BCUT2D eigenvalue weighted by atomic mass is 16.6. The lowest BCUT2D eigenvalue weighted by molar-refractivity contribution is -0.153. The van der Waals surface area contributed by atoms with Gasteiger partial charge in [0.2, 0.25) is 0 Å². The van der Waals surface area contributed by atoms with Crippen molar-refractivity contribution in [2.75, 3.05) is 0 Å². The van der Waals surface area contributed by atoms with Crippen molar-refractivity contribution in [3.63, 3.8) is 0 Å². The molecule has 0 radical (unpaired) electrons. The molecule has 0 bridgehead atoms. The van der Waals surface area contributed by atoms with Crippen LogP contribution in [-0.4, -0.2) is 11.9 Å². The number of rotatable bonds is 1. The second kappa shape index (κ2) is 3.99. The first kappa shape index (κ1) is 10.5. The normalized spacial score (nSPS) is 32.1. The molecule has 17 heavy (non-hydrogen) atoms. The van der Waals surface area contributed by atoms with Crippen LogP contribution >= 0.6 is 0 Å². The van der Waals surface area contributed by atoms with Crippen LogP contribution < -0.4 is 0 Å². The van der Waals surface area contributed by atoms with Gasteiger partial charge in [-0.1, -0.05) is 30.3 Å². The Labute approximate surface area is 99.8 Å². The average molecular weight is 230 g/mol. The Morgan fingerprint density at radius 3 is 2.41 bits per heavy atom. The van der Waals surface area contributed by atoms with E-state index in [1.165, 1.54) is 5.56 Å². The van der Waals surface area contributed by atoms with Gasteiger partial charge in [-0.15, -0.1) is 0 Å². The molecule has 0 unspecified atom stereocenters. The number of ether oxygens (including phenoxy) is 1. The van der Waals surface area contributed by atoms with E-state index in [0.717, 1.165) is 19.3 Å². The van der Waals surface area contributed by atoms with Crippen molar-refractivity contribution in [2.45, 2.75) is 25.2 Å². The minimum atomic E-state index is -0.319. The number of carbonyl (C=O) groups excluding carboxylic acids is 2. The summed E-state index contributed by atoms with van der Waals surface area (Å²) in [4.78, 5) is 23.0. The molecular weight excluding hydrogens is 216 g/mol. The quantitative estimate of drug-likeness (QED) is 0.549. The molecule has 88 valence electrons. The summed E-state index contributed by atoms with van der Waals surface area (Å²) in [5, 5.41) is 0. The molecule has 2 aliphatic rings. The first-order valence-corrected chi connectivity index (χ1v) is 6.06. The van der Waals surface area contributed by atoms with E-state index < -0.39 is 0 Å². The Hall–Kier alpha value is -1.64. The molecule has 0 spiro atoms. The van der Waals surface area contributed by atoms with Crippen LogP contribution in [-0.2, 0) is 14.3 Å². The molecule has 1 aromatic rings. The van der Waals surface area contributed by atoms with Crippen molar-refractivity contribution in [1.29, 1.82) is 0 Å². The second-order valence-electron chi connectivity index (χ2n) is 4.87. The lowest BCUT2D eigenvalue weighted by Crippen LogP contribution is -2.26. The number of carbonyl (C=O) groups is 2. The zero-order valence-corrected chi connectivity index (χ0v) is 9.46. The van der Waals surface area contributed by atoms with Crippen molar-refractivity contribution >= 4 is 11.9 Å². The third kappa shape index (κ3) is 1.75. The van der Waals surface area contributed by atoms with Gasteiger partial charge in [0.15, 0.2) is 0 Å². The molecule has 1 heterocycles. The van der Waals surface area contributed by atoms with E-state index in [1.807, 2.05) is 18.2 Å². The highest BCUT2D eigenvalue weighted by molar-refractivity contribution is 5.96. The highest BCUT2D eigenvalue weighted by Crippen LogP contribution is 2.43. The number of esters is 2. The third-order valence-corrected chi connectivity index (χ3v) is 3.93. The molecule has 3 nitrogen and oxygen atoms in total. The molecule has 3 rings (SSSR count). The van der Waals surface area contributed by atoms with Gasteiger partial charge in [0.1, 0.15) is 0 Å². The summed E-state index contributed by atoms with van der Waals surface area (Å²) in [6, 6.07) is 10.2. The first-order chi connectivity index (χ1) is 8.25. The summed E-state index contributed by atoms with van der Waals surface area (Å²) in [7, 11) is 0. The average Bonchev–Trinajstić information content (AvgIpc) is 2.66.